The first-order valence-electron chi connectivity index (χ1n) is 2.76. The Morgan fingerprint density at radius 3 is 2.82 bits per heavy atom. The molecule has 0 spiro atoms. The summed E-state index contributed by atoms with van der Waals surface area (Å²) in [6.45, 7) is 0. The summed E-state index contributed by atoms with van der Waals surface area (Å²) in [5.41, 5.74) is 0.476. The van der Waals surface area contributed by atoms with Gasteiger partial charge in [-0.05, 0) is 11.6 Å². The van der Waals surface area contributed by atoms with Gasteiger partial charge in [-0.1, -0.05) is 10.3 Å². The second-order valence-corrected chi connectivity index (χ2v) is 2.07. The van der Waals surface area contributed by atoms with Crippen LogP contribution >= 0.6 is 11.6 Å². The summed E-state index contributed by atoms with van der Waals surface area (Å²) in [5, 5.41) is 10.6. The van der Waals surface area contributed by atoms with Crippen LogP contribution in [-0.2, 0) is 0 Å². The fraction of sp³-hybridized carbons (Fsp3) is 0. The molecule has 11 heavy (non-hydrogen) atoms. The number of hydrogen-bond acceptors (Lipinski definition) is 5. The van der Waals surface area contributed by atoms with Gasteiger partial charge in [0, 0.05) is 6.07 Å². The third-order valence-electron chi connectivity index (χ3n) is 1.06. The lowest BCUT2D eigenvalue weighted by Gasteiger charge is -1.79. The molecule has 0 N–H and O–H groups in total. The first kappa shape index (κ1) is 6.36. The van der Waals surface area contributed by atoms with E-state index in [0.717, 1.165) is 0 Å². The van der Waals surface area contributed by atoms with Crippen LogP contribution in [-0.4, -0.2) is 15.4 Å². The second kappa shape index (κ2) is 2.35. The summed E-state index contributed by atoms with van der Waals surface area (Å²) < 4.78 is 9.41. The van der Waals surface area contributed by atoms with Gasteiger partial charge in [-0.15, -0.1) is 5.10 Å². The van der Waals surface area contributed by atoms with Gasteiger partial charge in [0.1, 0.15) is 6.26 Å². The molecule has 0 aliphatic heterocycles. The van der Waals surface area contributed by atoms with E-state index < -0.39 is 0 Å². The Morgan fingerprint density at radius 1 is 1.36 bits per heavy atom. The third-order valence-corrected chi connectivity index (χ3v) is 1.21. The molecule has 0 radical (unpaired) electrons. The molecule has 56 valence electrons. The standard InChI is InChI=1S/C5H2ClN3O2/c6-5-8-7-4(11-5)3-1-2-10-9-3/h1-2H. The highest BCUT2D eigenvalue weighted by Crippen LogP contribution is 2.16. The third kappa shape index (κ3) is 1.10. The quantitative estimate of drug-likeness (QED) is 0.649. The predicted octanol–water partition coefficient (Wildman–Crippen LogP) is 1.38. The topological polar surface area (TPSA) is 65.0 Å². The summed E-state index contributed by atoms with van der Waals surface area (Å²) in [6.07, 6.45) is 1.41. The molecule has 0 unspecified atom stereocenters. The summed E-state index contributed by atoms with van der Waals surface area (Å²) in [6, 6.07) is 1.60. The molecule has 0 amide bonds. The molecule has 2 rings (SSSR count). The van der Waals surface area contributed by atoms with Gasteiger partial charge in [0.05, 0.1) is 0 Å². The minimum atomic E-state index is -0.0111. The average Bonchev–Trinajstić information content (AvgIpc) is 2.55. The van der Waals surface area contributed by atoms with Crippen molar-refractivity contribution in [2.75, 3.05) is 0 Å². The minimum absolute atomic E-state index is 0.0111. The molecule has 2 aromatic rings. The molecule has 6 heteroatoms. The minimum Gasteiger partial charge on any atom is -0.406 e. The molecule has 0 fully saturated rings. The lowest BCUT2D eigenvalue weighted by atomic mass is 10.4. The van der Waals surface area contributed by atoms with E-state index in [2.05, 4.69) is 19.9 Å². The molecule has 0 aromatic carbocycles. The fourth-order valence-corrected chi connectivity index (χ4v) is 0.743. The van der Waals surface area contributed by atoms with Crippen molar-refractivity contribution in [3.05, 3.63) is 17.7 Å². The Labute approximate surface area is 66.0 Å². The zero-order chi connectivity index (χ0) is 7.68. The van der Waals surface area contributed by atoms with Gasteiger partial charge in [-0.3, -0.25) is 0 Å². The van der Waals surface area contributed by atoms with Crippen LogP contribution in [0.3, 0.4) is 0 Å². The maximum Gasteiger partial charge on any atom is 0.313 e. The summed E-state index contributed by atoms with van der Waals surface area (Å²) in [4.78, 5) is 0. The van der Waals surface area contributed by atoms with Crippen molar-refractivity contribution in [1.29, 1.82) is 0 Å². The van der Waals surface area contributed by atoms with E-state index in [-0.39, 0.29) is 11.2 Å². The average molecular weight is 172 g/mol. The summed E-state index contributed by atoms with van der Waals surface area (Å²) in [5.74, 6) is 0.253. The van der Waals surface area contributed by atoms with E-state index in [1.54, 1.807) is 6.07 Å². The van der Waals surface area contributed by atoms with E-state index in [4.69, 9.17) is 16.0 Å². The highest BCUT2D eigenvalue weighted by atomic mass is 35.5. The van der Waals surface area contributed by atoms with Crippen LogP contribution in [0.5, 0.6) is 0 Å². The zero-order valence-electron chi connectivity index (χ0n) is 5.19. The van der Waals surface area contributed by atoms with Gasteiger partial charge in [-0.2, -0.15) is 0 Å². The molecule has 0 saturated heterocycles. The summed E-state index contributed by atoms with van der Waals surface area (Å²) >= 11 is 5.38. The Bertz CT molecular complexity index is 342. The largest absolute Gasteiger partial charge is 0.406 e. The molecule has 0 bridgehead atoms. The lowest BCUT2D eigenvalue weighted by Crippen LogP contribution is -1.75. The molecule has 0 aliphatic carbocycles. The van der Waals surface area contributed by atoms with Gasteiger partial charge in [0.2, 0.25) is 0 Å². The van der Waals surface area contributed by atoms with Crippen molar-refractivity contribution in [3.8, 4) is 11.6 Å². The van der Waals surface area contributed by atoms with Crippen LogP contribution in [0.25, 0.3) is 11.6 Å². The van der Waals surface area contributed by atoms with E-state index in [1.165, 1.54) is 6.26 Å². The van der Waals surface area contributed by atoms with Crippen molar-refractivity contribution >= 4 is 11.6 Å². The van der Waals surface area contributed by atoms with Crippen LogP contribution in [0.15, 0.2) is 21.3 Å². The first-order valence-corrected chi connectivity index (χ1v) is 3.14. The van der Waals surface area contributed by atoms with Gasteiger partial charge in [0.25, 0.3) is 5.89 Å². The van der Waals surface area contributed by atoms with E-state index >= 15 is 0 Å². The van der Waals surface area contributed by atoms with Crippen molar-refractivity contribution in [2.24, 2.45) is 0 Å². The molecule has 2 aromatic heterocycles. The molecule has 2 heterocycles. The Morgan fingerprint density at radius 2 is 2.27 bits per heavy atom. The smallest absolute Gasteiger partial charge is 0.313 e. The van der Waals surface area contributed by atoms with Gasteiger partial charge in [-0.25, -0.2) is 0 Å². The predicted molar refractivity (Wildman–Crippen MR) is 34.8 cm³/mol. The molecule has 0 saturated carbocycles. The van der Waals surface area contributed by atoms with Crippen molar-refractivity contribution in [2.45, 2.75) is 0 Å². The van der Waals surface area contributed by atoms with Crippen LogP contribution in [0.2, 0.25) is 5.35 Å². The van der Waals surface area contributed by atoms with Crippen LogP contribution in [0, 0.1) is 0 Å². The van der Waals surface area contributed by atoms with Crippen LogP contribution in [0.1, 0.15) is 0 Å². The lowest BCUT2D eigenvalue weighted by molar-refractivity contribution is 0.419. The first-order chi connectivity index (χ1) is 5.36. The van der Waals surface area contributed by atoms with E-state index in [9.17, 15) is 0 Å². The maximum absolute atomic E-state index is 5.38. The van der Waals surface area contributed by atoms with E-state index in [1.807, 2.05) is 0 Å². The number of hydrogen-bond donors (Lipinski definition) is 0. The molecular weight excluding hydrogens is 170 g/mol. The SMILES string of the molecule is Clc1nnc(-c2ccon2)o1. The molecule has 5 nitrogen and oxygen atoms in total. The fourth-order valence-electron chi connectivity index (χ4n) is 0.632. The van der Waals surface area contributed by atoms with Gasteiger partial charge >= 0.3 is 5.35 Å². The molecule has 0 aliphatic rings. The Hall–Kier alpha value is -1.36. The molecular formula is C5H2ClN3O2. The van der Waals surface area contributed by atoms with Crippen LogP contribution in [0.4, 0.5) is 0 Å². The molecule has 0 atom stereocenters. The monoisotopic (exact) mass is 171 g/mol. The summed E-state index contributed by atoms with van der Waals surface area (Å²) in [7, 11) is 0. The number of rotatable bonds is 1. The van der Waals surface area contributed by atoms with Crippen molar-refractivity contribution < 1.29 is 8.94 Å². The van der Waals surface area contributed by atoms with Gasteiger partial charge < -0.3 is 8.94 Å². The van der Waals surface area contributed by atoms with Crippen LogP contribution < -0.4 is 0 Å². The highest BCUT2D eigenvalue weighted by Gasteiger charge is 2.08. The van der Waals surface area contributed by atoms with Crippen molar-refractivity contribution in [1.82, 2.24) is 15.4 Å². The van der Waals surface area contributed by atoms with Crippen molar-refractivity contribution in [3.63, 3.8) is 0 Å². The Balaban J connectivity index is 2.45. The number of halogens is 1. The maximum atomic E-state index is 5.38. The highest BCUT2D eigenvalue weighted by molar-refractivity contribution is 6.27. The second-order valence-electron chi connectivity index (χ2n) is 1.74. The Kier molecular flexibility index (Phi) is 1.36. The normalized spacial score (nSPS) is 10.3. The van der Waals surface area contributed by atoms with E-state index in [0.29, 0.717) is 5.69 Å². The number of aromatic nitrogens is 3. The number of nitrogens with zero attached hydrogens (tertiary/aromatic N) is 3. The van der Waals surface area contributed by atoms with Gasteiger partial charge in [0.15, 0.2) is 5.69 Å². The zero-order valence-corrected chi connectivity index (χ0v) is 5.95.